The smallest absolute Gasteiger partial charge is 0.416 e. The number of anilines is 2. The molecule has 7 nitrogen and oxygen atoms in total. The summed E-state index contributed by atoms with van der Waals surface area (Å²) in [6.07, 6.45) is -2.87. The number of rotatable bonds is 5. The zero-order chi connectivity index (χ0) is 24.5. The van der Waals surface area contributed by atoms with Crippen LogP contribution in [-0.4, -0.2) is 40.1 Å². The standard InChI is InChI=1S/C24H20F3N5O2/c1-31(2)18-8-6-15(7-9-18)21-14-32(30-29-21)19-10-11-22(33)20(13-19)23(34)28-17-5-3-4-16(12-17)24(25,26)27/h3-14,33H,1-2H3,(H,28,34). The van der Waals surface area contributed by atoms with Crippen molar-refractivity contribution in [1.29, 1.82) is 0 Å². The maximum absolute atomic E-state index is 12.9. The van der Waals surface area contributed by atoms with E-state index in [0.717, 1.165) is 23.4 Å². The number of hydrogen-bond donors (Lipinski definition) is 2. The number of phenols is 1. The quantitative estimate of drug-likeness (QED) is 0.433. The summed E-state index contributed by atoms with van der Waals surface area (Å²) in [6, 6.07) is 16.2. The zero-order valence-corrected chi connectivity index (χ0v) is 18.2. The Morgan fingerprint density at radius 1 is 1.03 bits per heavy atom. The van der Waals surface area contributed by atoms with Gasteiger partial charge in [-0.2, -0.15) is 13.2 Å². The monoisotopic (exact) mass is 467 g/mol. The van der Waals surface area contributed by atoms with Gasteiger partial charge in [0.25, 0.3) is 5.91 Å². The summed E-state index contributed by atoms with van der Waals surface area (Å²) >= 11 is 0. The number of alkyl halides is 3. The van der Waals surface area contributed by atoms with Crippen molar-refractivity contribution >= 4 is 17.3 Å². The minimum atomic E-state index is -4.54. The third-order valence-corrected chi connectivity index (χ3v) is 5.11. The maximum atomic E-state index is 12.9. The number of halogens is 3. The molecule has 1 heterocycles. The van der Waals surface area contributed by atoms with Crippen LogP contribution < -0.4 is 10.2 Å². The van der Waals surface area contributed by atoms with Crippen molar-refractivity contribution in [1.82, 2.24) is 15.0 Å². The average Bonchev–Trinajstić information content (AvgIpc) is 3.29. The number of amides is 1. The normalized spacial score (nSPS) is 11.3. The van der Waals surface area contributed by atoms with Crippen molar-refractivity contribution in [2.45, 2.75) is 6.18 Å². The topological polar surface area (TPSA) is 83.3 Å². The summed E-state index contributed by atoms with van der Waals surface area (Å²) in [4.78, 5) is 14.7. The number of hydrogen-bond acceptors (Lipinski definition) is 5. The highest BCUT2D eigenvalue weighted by Crippen LogP contribution is 2.31. The van der Waals surface area contributed by atoms with Gasteiger partial charge in [0.2, 0.25) is 0 Å². The minimum absolute atomic E-state index is 0.0474. The first-order chi connectivity index (χ1) is 16.1. The van der Waals surface area contributed by atoms with Crippen LogP contribution in [0, 0.1) is 0 Å². The van der Waals surface area contributed by atoms with Crippen molar-refractivity contribution in [3.05, 3.63) is 84.1 Å². The molecule has 0 fully saturated rings. The van der Waals surface area contributed by atoms with Crippen LogP contribution in [0.5, 0.6) is 5.75 Å². The van der Waals surface area contributed by atoms with Crippen molar-refractivity contribution in [2.75, 3.05) is 24.3 Å². The predicted octanol–water partition coefficient (Wildman–Crippen LogP) is 4.98. The molecule has 174 valence electrons. The van der Waals surface area contributed by atoms with Crippen LogP contribution in [0.1, 0.15) is 15.9 Å². The van der Waals surface area contributed by atoms with Gasteiger partial charge in [-0.05, 0) is 48.5 Å². The Hall–Kier alpha value is -4.34. The van der Waals surface area contributed by atoms with E-state index in [0.29, 0.717) is 11.4 Å². The van der Waals surface area contributed by atoms with Crippen LogP contribution in [0.2, 0.25) is 0 Å². The van der Waals surface area contributed by atoms with Gasteiger partial charge in [-0.25, -0.2) is 4.68 Å². The highest BCUT2D eigenvalue weighted by Gasteiger charge is 2.30. The van der Waals surface area contributed by atoms with Crippen LogP contribution in [0.15, 0.2) is 72.9 Å². The van der Waals surface area contributed by atoms with Gasteiger partial charge in [0.05, 0.1) is 23.0 Å². The molecule has 0 aliphatic carbocycles. The van der Waals surface area contributed by atoms with Crippen LogP contribution in [0.4, 0.5) is 24.5 Å². The summed E-state index contributed by atoms with van der Waals surface area (Å²) in [7, 11) is 3.88. The van der Waals surface area contributed by atoms with E-state index in [-0.39, 0.29) is 17.0 Å². The van der Waals surface area contributed by atoms with Crippen LogP contribution in [0.25, 0.3) is 16.9 Å². The Morgan fingerprint density at radius 2 is 1.76 bits per heavy atom. The molecule has 1 amide bonds. The van der Waals surface area contributed by atoms with Gasteiger partial charge in [-0.15, -0.1) is 5.10 Å². The lowest BCUT2D eigenvalue weighted by molar-refractivity contribution is -0.137. The molecular formula is C24H20F3N5O2. The fourth-order valence-corrected chi connectivity index (χ4v) is 3.27. The molecular weight excluding hydrogens is 447 g/mol. The molecule has 3 aromatic carbocycles. The molecule has 0 unspecified atom stereocenters. The summed E-state index contributed by atoms with van der Waals surface area (Å²) in [5.41, 5.74) is 1.86. The molecule has 34 heavy (non-hydrogen) atoms. The second kappa shape index (κ2) is 8.89. The molecule has 0 radical (unpaired) electrons. The number of nitrogens with one attached hydrogen (secondary N) is 1. The lowest BCUT2D eigenvalue weighted by atomic mass is 10.1. The summed E-state index contributed by atoms with van der Waals surface area (Å²) < 4.78 is 40.3. The SMILES string of the molecule is CN(C)c1ccc(-c2cn(-c3ccc(O)c(C(=O)Nc4cccc(C(F)(F)F)c4)c3)nn2)cc1. The van der Waals surface area contributed by atoms with Crippen molar-refractivity contribution in [3.63, 3.8) is 0 Å². The second-order valence-electron chi connectivity index (χ2n) is 7.72. The predicted molar refractivity (Wildman–Crippen MR) is 122 cm³/mol. The Balaban J connectivity index is 1.57. The number of carbonyl (C=O) groups is 1. The molecule has 0 bridgehead atoms. The summed E-state index contributed by atoms with van der Waals surface area (Å²) in [5, 5.41) is 20.8. The Bertz CT molecular complexity index is 1330. The van der Waals surface area contributed by atoms with E-state index < -0.39 is 17.6 Å². The molecule has 10 heteroatoms. The number of phenolic OH excluding ortho intramolecular Hbond substituents is 1. The number of aromatic nitrogens is 3. The van der Waals surface area contributed by atoms with Gasteiger partial charge >= 0.3 is 6.18 Å². The lowest BCUT2D eigenvalue weighted by Crippen LogP contribution is -2.14. The first kappa shape index (κ1) is 22.8. The first-order valence-electron chi connectivity index (χ1n) is 10.1. The summed E-state index contributed by atoms with van der Waals surface area (Å²) in [5.74, 6) is -1.09. The fourth-order valence-electron chi connectivity index (χ4n) is 3.27. The minimum Gasteiger partial charge on any atom is -0.507 e. The number of nitrogens with zero attached hydrogens (tertiary/aromatic N) is 4. The fraction of sp³-hybridized carbons (Fsp3) is 0.125. The van der Waals surface area contributed by atoms with E-state index in [1.54, 1.807) is 12.3 Å². The van der Waals surface area contributed by atoms with E-state index in [4.69, 9.17) is 0 Å². The maximum Gasteiger partial charge on any atom is 0.416 e. The highest BCUT2D eigenvalue weighted by molar-refractivity contribution is 6.06. The number of carbonyl (C=O) groups excluding carboxylic acids is 1. The van der Waals surface area contributed by atoms with Gasteiger partial charge in [0.15, 0.2) is 0 Å². The second-order valence-corrected chi connectivity index (χ2v) is 7.72. The van der Waals surface area contributed by atoms with Crippen molar-refractivity contribution in [3.8, 4) is 22.7 Å². The average molecular weight is 467 g/mol. The van der Waals surface area contributed by atoms with E-state index >= 15 is 0 Å². The molecule has 1 aromatic heterocycles. The zero-order valence-electron chi connectivity index (χ0n) is 18.2. The Kier molecular flexibility index (Phi) is 5.97. The molecule has 0 saturated carbocycles. The van der Waals surface area contributed by atoms with E-state index in [1.807, 2.05) is 43.3 Å². The van der Waals surface area contributed by atoms with Crippen molar-refractivity contribution < 1.29 is 23.1 Å². The number of benzene rings is 3. The molecule has 0 atom stereocenters. The van der Waals surface area contributed by atoms with Crippen LogP contribution in [-0.2, 0) is 6.18 Å². The van der Waals surface area contributed by atoms with Gasteiger partial charge < -0.3 is 15.3 Å². The largest absolute Gasteiger partial charge is 0.507 e. The molecule has 0 aliphatic rings. The lowest BCUT2D eigenvalue weighted by Gasteiger charge is -2.12. The molecule has 0 spiro atoms. The molecule has 0 aliphatic heterocycles. The van der Waals surface area contributed by atoms with Gasteiger partial charge in [0, 0.05) is 31.0 Å². The molecule has 2 N–H and O–H groups in total. The van der Waals surface area contributed by atoms with Crippen molar-refractivity contribution in [2.24, 2.45) is 0 Å². The summed E-state index contributed by atoms with van der Waals surface area (Å²) in [6.45, 7) is 0. The third kappa shape index (κ3) is 4.85. The Labute approximate surface area is 193 Å². The Morgan fingerprint density at radius 3 is 2.44 bits per heavy atom. The van der Waals surface area contributed by atoms with Crippen LogP contribution in [0.3, 0.4) is 0 Å². The van der Waals surface area contributed by atoms with E-state index in [1.165, 1.54) is 28.9 Å². The molecule has 4 rings (SSSR count). The third-order valence-electron chi connectivity index (χ3n) is 5.11. The highest BCUT2D eigenvalue weighted by atomic mass is 19.4. The van der Waals surface area contributed by atoms with E-state index in [9.17, 15) is 23.1 Å². The molecule has 4 aromatic rings. The van der Waals surface area contributed by atoms with Gasteiger partial charge in [-0.1, -0.05) is 23.4 Å². The van der Waals surface area contributed by atoms with E-state index in [2.05, 4.69) is 15.6 Å². The van der Waals surface area contributed by atoms with Gasteiger partial charge in [-0.3, -0.25) is 4.79 Å². The van der Waals surface area contributed by atoms with Crippen LogP contribution >= 0.6 is 0 Å². The first-order valence-corrected chi connectivity index (χ1v) is 10.1. The molecule has 0 saturated heterocycles. The number of aromatic hydroxyl groups is 1. The van der Waals surface area contributed by atoms with Gasteiger partial charge in [0.1, 0.15) is 11.4 Å².